The monoisotopic (exact) mass is 426 g/mol. The van der Waals surface area contributed by atoms with Crippen molar-refractivity contribution >= 4 is 21.6 Å². The number of hydrogen-bond acceptors (Lipinski definition) is 4. The Balaban J connectivity index is 1.67. The third kappa shape index (κ3) is 5.07. The molecule has 0 radical (unpaired) electrons. The van der Waals surface area contributed by atoms with Crippen molar-refractivity contribution in [2.75, 3.05) is 17.4 Å². The minimum atomic E-state index is -3.78. The first-order valence-electron chi connectivity index (χ1n) is 9.87. The van der Waals surface area contributed by atoms with E-state index in [1.165, 1.54) is 16.4 Å². The fraction of sp³-hybridized carbons (Fsp3) is 0.273. The van der Waals surface area contributed by atoms with Crippen LogP contribution in [0.1, 0.15) is 29.3 Å². The van der Waals surface area contributed by atoms with Crippen molar-refractivity contribution in [2.45, 2.75) is 31.7 Å². The first-order valence-corrected chi connectivity index (χ1v) is 11.3. The molecule has 7 nitrogen and oxygen atoms in total. The van der Waals surface area contributed by atoms with E-state index in [4.69, 9.17) is 0 Å². The highest BCUT2D eigenvalue weighted by Crippen LogP contribution is 2.23. The molecule has 0 spiro atoms. The molecule has 2 aromatic carbocycles. The Kier molecular flexibility index (Phi) is 6.89. The maximum atomic E-state index is 13.1. The highest BCUT2D eigenvalue weighted by molar-refractivity contribution is 7.92. The van der Waals surface area contributed by atoms with Gasteiger partial charge in [0.25, 0.3) is 15.9 Å². The van der Waals surface area contributed by atoms with Gasteiger partial charge in [0, 0.05) is 31.4 Å². The van der Waals surface area contributed by atoms with Crippen LogP contribution in [0.2, 0.25) is 0 Å². The fourth-order valence-electron chi connectivity index (χ4n) is 3.14. The maximum absolute atomic E-state index is 13.1. The van der Waals surface area contributed by atoms with Crippen molar-refractivity contribution in [1.29, 1.82) is 0 Å². The van der Waals surface area contributed by atoms with Crippen LogP contribution in [0.25, 0.3) is 0 Å². The number of rotatable bonds is 9. The quantitative estimate of drug-likeness (QED) is 0.533. The topological polar surface area (TPSA) is 84.3 Å². The van der Waals surface area contributed by atoms with Gasteiger partial charge in [0.2, 0.25) is 0 Å². The summed E-state index contributed by atoms with van der Waals surface area (Å²) in [6.45, 7) is 5.21. The second-order valence-corrected chi connectivity index (χ2v) is 8.79. The Bertz CT molecular complexity index is 1090. The summed E-state index contributed by atoms with van der Waals surface area (Å²) in [5.74, 6) is -0.300. The second-order valence-electron chi connectivity index (χ2n) is 6.92. The number of sulfonamides is 1. The van der Waals surface area contributed by atoms with Crippen LogP contribution in [-0.2, 0) is 16.6 Å². The van der Waals surface area contributed by atoms with Crippen molar-refractivity contribution in [2.24, 2.45) is 0 Å². The Labute approximate surface area is 177 Å². The van der Waals surface area contributed by atoms with Crippen LogP contribution < -0.4 is 9.62 Å². The number of amides is 1. The molecule has 0 atom stereocenters. The zero-order chi connectivity index (χ0) is 21.6. The van der Waals surface area contributed by atoms with Gasteiger partial charge in [-0.3, -0.25) is 13.8 Å². The van der Waals surface area contributed by atoms with Gasteiger partial charge in [-0.15, -0.1) is 0 Å². The van der Waals surface area contributed by atoms with Gasteiger partial charge in [-0.25, -0.2) is 8.42 Å². The lowest BCUT2D eigenvalue weighted by molar-refractivity contribution is 0.0952. The minimum Gasteiger partial charge on any atom is -0.352 e. The summed E-state index contributed by atoms with van der Waals surface area (Å²) < 4.78 is 29.4. The molecule has 0 unspecified atom stereocenters. The van der Waals surface area contributed by atoms with Crippen molar-refractivity contribution < 1.29 is 13.2 Å². The van der Waals surface area contributed by atoms with Crippen LogP contribution in [0.15, 0.2) is 71.9 Å². The molecule has 3 rings (SSSR count). The average molecular weight is 427 g/mol. The number of carbonyl (C=O) groups is 1. The van der Waals surface area contributed by atoms with Crippen LogP contribution in [-0.4, -0.2) is 37.2 Å². The van der Waals surface area contributed by atoms with E-state index in [2.05, 4.69) is 10.4 Å². The third-order valence-electron chi connectivity index (χ3n) is 4.63. The molecule has 158 valence electrons. The molecule has 0 fully saturated rings. The molecule has 0 saturated heterocycles. The SMILES string of the molecule is CCN(c1ccccc1)S(=O)(=O)c1cccc(C(=O)NCCCn2cc(C)cn2)c1. The fourth-order valence-corrected chi connectivity index (χ4v) is 4.66. The number of anilines is 1. The number of nitrogens with one attached hydrogen (secondary N) is 1. The van der Waals surface area contributed by atoms with Gasteiger partial charge in [0.15, 0.2) is 0 Å². The molecular formula is C22H26N4O3S. The van der Waals surface area contributed by atoms with Crippen LogP contribution in [0, 0.1) is 6.92 Å². The van der Waals surface area contributed by atoms with Gasteiger partial charge in [0.05, 0.1) is 16.8 Å². The standard InChI is InChI=1S/C22H26N4O3S/c1-3-26(20-10-5-4-6-11-20)30(28,29)21-12-7-9-19(15-21)22(27)23-13-8-14-25-17-18(2)16-24-25/h4-7,9-12,15-17H,3,8,13-14H2,1-2H3,(H,23,27). The lowest BCUT2D eigenvalue weighted by Crippen LogP contribution is -2.31. The molecule has 3 aromatic rings. The molecule has 1 N–H and O–H groups in total. The second kappa shape index (κ2) is 9.58. The van der Waals surface area contributed by atoms with Crippen LogP contribution in [0.4, 0.5) is 5.69 Å². The lowest BCUT2D eigenvalue weighted by atomic mass is 10.2. The van der Waals surface area contributed by atoms with Gasteiger partial charge in [-0.1, -0.05) is 24.3 Å². The Morgan fingerprint density at radius 2 is 1.90 bits per heavy atom. The molecule has 1 aromatic heterocycles. The van der Waals surface area contributed by atoms with Crippen molar-refractivity contribution in [1.82, 2.24) is 15.1 Å². The molecule has 0 aliphatic carbocycles. The Hall–Kier alpha value is -3.13. The van der Waals surface area contributed by atoms with E-state index in [0.29, 0.717) is 24.3 Å². The molecule has 8 heteroatoms. The molecular weight excluding hydrogens is 400 g/mol. The molecule has 0 aliphatic rings. The van der Waals surface area contributed by atoms with Gasteiger partial charge in [-0.2, -0.15) is 5.10 Å². The molecule has 0 bridgehead atoms. The summed E-state index contributed by atoms with van der Waals surface area (Å²) in [6, 6.07) is 15.1. The largest absolute Gasteiger partial charge is 0.352 e. The zero-order valence-corrected chi connectivity index (χ0v) is 18.0. The molecule has 1 amide bonds. The summed E-state index contributed by atoms with van der Waals surface area (Å²) in [4.78, 5) is 12.6. The summed E-state index contributed by atoms with van der Waals surface area (Å²) in [5.41, 5.74) is 1.99. The summed E-state index contributed by atoms with van der Waals surface area (Å²) >= 11 is 0. The number of benzene rings is 2. The first-order chi connectivity index (χ1) is 14.4. The molecule has 0 aliphatic heterocycles. The van der Waals surface area contributed by atoms with Gasteiger partial charge < -0.3 is 5.32 Å². The zero-order valence-electron chi connectivity index (χ0n) is 17.2. The van der Waals surface area contributed by atoms with Crippen molar-refractivity contribution in [3.8, 4) is 0 Å². The van der Waals surface area contributed by atoms with Crippen molar-refractivity contribution in [3.63, 3.8) is 0 Å². The van der Waals surface area contributed by atoms with E-state index in [1.807, 2.05) is 23.9 Å². The number of para-hydroxylation sites is 1. The number of aromatic nitrogens is 2. The number of hydrogen-bond donors (Lipinski definition) is 1. The predicted molar refractivity (Wildman–Crippen MR) is 117 cm³/mol. The Morgan fingerprint density at radius 1 is 1.13 bits per heavy atom. The molecule has 30 heavy (non-hydrogen) atoms. The summed E-state index contributed by atoms with van der Waals surface area (Å²) in [7, 11) is -3.78. The number of carbonyl (C=O) groups excluding carboxylic acids is 1. The lowest BCUT2D eigenvalue weighted by Gasteiger charge is -2.23. The average Bonchev–Trinajstić information content (AvgIpc) is 3.17. The Morgan fingerprint density at radius 3 is 2.57 bits per heavy atom. The van der Waals surface area contributed by atoms with Crippen molar-refractivity contribution in [3.05, 3.63) is 78.1 Å². The van der Waals surface area contributed by atoms with Crippen LogP contribution in [0.3, 0.4) is 0 Å². The van der Waals surface area contributed by atoms with Gasteiger partial charge >= 0.3 is 0 Å². The van der Waals surface area contributed by atoms with Crippen LogP contribution >= 0.6 is 0 Å². The molecule has 0 saturated carbocycles. The van der Waals surface area contributed by atoms with Gasteiger partial charge in [0.1, 0.15) is 0 Å². The maximum Gasteiger partial charge on any atom is 0.264 e. The molecule has 1 heterocycles. The van der Waals surface area contributed by atoms with Crippen LogP contribution in [0.5, 0.6) is 0 Å². The minimum absolute atomic E-state index is 0.0906. The highest BCUT2D eigenvalue weighted by Gasteiger charge is 2.24. The first kappa shape index (κ1) is 21.6. The number of aryl methyl sites for hydroxylation is 2. The normalized spacial score (nSPS) is 11.3. The highest BCUT2D eigenvalue weighted by atomic mass is 32.2. The predicted octanol–water partition coefficient (Wildman–Crippen LogP) is 3.23. The van der Waals surface area contributed by atoms with E-state index in [-0.39, 0.29) is 17.3 Å². The van der Waals surface area contributed by atoms with E-state index < -0.39 is 10.0 Å². The summed E-state index contributed by atoms with van der Waals surface area (Å²) in [6.07, 6.45) is 4.46. The van der Waals surface area contributed by atoms with E-state index >= 15 is 0 Å². The van der Waals surface area contributed by atoms with Gasteiger partial charge in [-0.05, 0) is 56.2 Å². The summed E-state index contributed by atoms with van der Waals surface area (Å²) in [5, 5.41) is 7.05. The van der Waals surface area contributed by atoms with E-state index in [9.17, 15) is 13.2 Å². The van der Waals surface area contributed by atoms with E-state index in [0.717, 1.165) is 12.0 Å². The van der Waals surface area contributed by atoms with E-state index in [1.54, 1.807) is 49.5 Å². The smallest absolute Gasteiger partial charge is 0.264 e. The number of nitrogens with zero attached hydrogens (tertiary/aromatic N) is 3. The third-order valence-corrected chi connectivity index (χ3v) is 6.53.